The minimum absolute atomic E-state index is 0.0523. The zero-order valence-electron chi connectivity index (χ0n) is 16.9. The number of carbonyl (C=O) groups is 1. The Hall–Kier alpha value is -2.64. The number of hydrogen-bond donors (Lipinski definition) is 0. The Kier molecular flexibility index (Phi) is 6.16. The highest BCUT2D eigenvalue weighted by Crippen LogP contribution is 2.37. The second-order valence-electron chi connectivity index (χ2n) is 6.80. The van der Waals surface area contributed by atoms with Crippen molar-refractivity contribution in [1.82, 2.24) is 9.88 Å². The predicted molar refractivity (Wildman–Crippen MR) is 114 cm³/mol. The van der Waals surface area contributed by atoms with Crippen molar-refractivity contribution in [3.63, 3.8) is 0 Å². The third-order valence-electron chi connectivity index (χ3n) is 4.39. The summed E-state index contributed by atoms with van der Waals surface area (Å²) in [5.74, 6) is 1.22. The van der Waals surface area contributed by atoms with Gasteiger partial charge in [-0.15, -0.1) is 0 Å². The van der Waals surface area contributed by atoms with Gasteiger partial charge in [-0.3, -0.25) is 9.69 Å². The van der Waals surface area contributed by atoms with Gasteiger partial charge in [-0.05, 0) is 33.2 Å². The summed E-state index contributed by atoms with van der Waals surface area (Å²) in [7, 11) is 7.19. The molecule has 0 saturated carbocycles. The molecular weight excluding hydrogens is 374 g/mol. The van der Waals surface area contributed by atoms with Crippen LogP contribution >= 0.6 is 11.3 Å². The molecule has 0 spiro atoms. The maximum atomic E-state index is 13.3. The van der Waals surface area contributed by atoms with Crippen LogP contribution in [0.3, 0.4) is 0 Å². The SMILES string of the molecule is COc1cc2nc(N(CCN(C)C)C(=O)c3cccc(C)c3)sc2cc1OC. The minimum atomic E-state index is -0.0523. The van der Waals surface area contributed by atoms with Crippen molar-refractivity contribution in [2.24, 2.45) is 0 Å². The van der Waals surface area contributed by atoms with E-state index in [0.717, 1.165) is 22.3 Å². The van der Waals surface area contributed by atoms with Crippen LogP contribution < -0.4 is 14.4 Å². The van der Waals surface area contributed by atoms with Gasteiger partial charge in [-0.2, -0.15) is 0 Å². The fourth-order valence-corrected chi connectivity index (χ4v) is 3.88. The molecule has 148 valence electrons. The highest BCUT2D eigenvalue weighted by Gasteiger charge is 2.22. The van der Waals surface area contributed by atoms with Crippen molar-refractivity contribution in [3.05, 3.63) is 47.5 Å². The maximum absolute atomic E-state index is 13.3. The lowest BCUT2D eigenvalue weighted by atomic mass is 10.1. The summed E-state index contributed by atoms with van der Waals surface area (Å²) in [6.07, 6.45) is 0. The van der Waals surface area contributed by atoms with E-state index in [4.69, 9.17) is 14.5 Å². The van der Waals surface area contributed by atoms with E-state index in [0.29, 0.717) is 28.7 Å². The summed E-state index contributed by atoms with van der Waals surface area (Å²) < 4.78 is 11.7. The van der Waals surface area contributed by atoms with Crippen molar-refractivity contribution in [2.75, 3.05) is 46.3 Å². The van der Waals surface area contributed by atoms with Gasteiger partial charge in [0.15, 0.2) is 16.6 Å². The Balaban J connectivity index is 2.03. The molecule has 1 heterocycles. The Morgan fingerprint density at radius 3 is 2.43 bits per heavy atom. The summed E-state index contributed by atoms with van der Waals surface area (Å²) in [5, 5.41) is 0.665. The molecule has 0 aliphatic heterocycles. The standard InChI is InChI=1S/C21H25N3O3S/c1-14-7-6-8-15(11-14)20(25)24(10-9-23(2)3)21-22-16-12-17(26-4)18(27-5)13-19(16)28-21/h6-8,11-13H,9-10H2,1-5H3. The van der Waals surface area contributed by atoms with E-state index >= 15 is 0 Å². The number of anilines is 1. The first-order valence-electron chi connectivity index (χ1n) is 8.98. The number of carbonyl (C=O) groups excluding carboxylic acids is 1. The van der Waals surface area contributed by atoms with Gasteiger partial charge in [-0.1, -0.05) is 29.0 Å². The molecular formula is C21H25N3O3S. The van der Waals surface area contributed by atoms with E-state index in [1.54, 1.807) is 19.1 Å². The molecule has 0 saturated heterocycles. The van der Waals surface area contributed by atoms with Gasteiger partial charge in [0, 0.05) is 30.8 Å². The Morgan fingerprint density at radius 2 is 1.79 bits per heavy atom. The highest BCUT2D eigenvalue weighted by atomic mass is 32.1. The van der Waals surface area contributed by atoms with E-state index in [2.05, 4.69) is 4.90 Å². The molecule has 3 rings (SSSR count). The van der Waals surface area contributed by atoms with Crippen LogP contribution in [-0.2, 0) is 0 Å². The zero-order valence-corrected chi connectivity index (χ0v) is 17.7. The van der Waals surface area contributed by atoms with E-state index in [1.165, 1.54) is 11.3 Å². The fraction of sp³-hybridized carbons (Fsp3) is 0.333. The van der Waals surface area contributed by atoms with Crippen molar-refractivity contribution in [3.8, 4) is 11.5 Å². The molecule has 0 bridgehead atoms. The average Bonchev–Trinajstić information content (AvgIpc) is 3.08. The van der Waals surface area contributed by atoms with Gasteiger partial charge in [0.1, 0.15) is 0 Å². The van der Waals surface area contributed by atoms with Crippen molar-refractivity contribution < 1.29 is 14.3 Å². The van der Waals surface area contributed by atoms with Gasteiger partial charge in [0.25, 0.3) is 5.91 Å². The number of likely N-dealkylation sites (N-methyl/N-ethyl adjacent to an activating group) is 1. The van der Waals surface area contributed by atoms with E-state index in [-0.39, 0.29) is 5.91 Å². The average molecular weight is 400 g/mol. The monoisotopic (exact) mass is 399 g/mol. The van der Waals surface area contributed by atoms with Crippen LogP contribution in [0.2, 0.25) is 0 Å². The number of benzene rings is 2. The van der Waals surface area contributed by atoms with Gasteiger partial charge in [-0.25, -0.2) is 4.98 Å². The number of aromatic nitrogens is 1. The highest BCUT2D eigenvalue weighted by molar-refractivity contribution is 7.22. The lowest BCUT2D eigenvalue weighted by Crippen LogP contribution is -2.36. The smallest absolute Gasteiger partial charge is 0.260 e. The molecule has 0 unspecified atom stereocenters. The van der Waals surface area contributed by atoms with Gasteiger partial charge < -0.3 is 14.4 Å². The number of hydrogen-bond acceptors (Lipinski definition) is 6. The summed E-state index contributed by atoms with van der Waals surface area (Å²) in [5.41, 5.74) is 2.50. The van der Waals surface area contributed by atoms with Crippen molar-refractivity contribution in [1.29, 1.82) is 0 Å². The number of methoxy groups -OCH3 is 2. The first kappa shape index (κ1) is 20.1. The van der Waals surface area contributed by atoms with Crippen molar-refractivity contribution in [2.45, 2.75) is 6.92 Å². The molecule has 0 N–H and O–H groups in total. The molecule has 7 heteroatoms. The van der Waals surface area contributed by atoms with Gasteiger partial charge in [0.2, 0.25) is 0 Å². The van der Waals surface area contributed by atoms with Crippen LogP contribution in [-0.4, -0.2) is 57.2 Å². The number of thiazole rings is 1. The van der Waals surface area contributed by atoms with E-state index in [1.807, 2.05) is 57.4 Å². The first-order chi connectivity index (χ1) is 13.4. The Morgan fingerprint density at radius 1 is 1.07 bits per heavy atom. The molecule has 1 aromatic heterocycles. The Labute approximate surface area is 169 Å². The van der Waals surface area contributed by atoms with Crippen molar-refractivity contribution >= 4 is 32.6 Å². The zero-order chi connectivity index (χ0) is 20.3. The molecule has 0 radical (unpaired) electrons. The molecule has 28 heavy (non-hydrogen) atoms. The van der Waals surface area contributed by atoms with Crippen LogP contribution in [0, 0.1) is 6.92 Å². The summed E-state index contributed by atoms with van der Waals surface area (Å²) >= 11 is 1.47. The number of aryl methyl sites for hydroxylation is 1. The first-order valence-corrected chi connectivity index (χ1v) is 9.80. The fourth-order valence-electron chi connectivity index (χ4n) is 2.88. The minimum Gasteiger partial charge on any atom is -0.493 e. The molecule has 1 amide bonds. The molecule has 0 aliphatic rings. The Bertz CT molecular complexity index is 943. The van der Waals surface area contributed by atoms with E-state index in [9.17, 15) is 4.79 Å². The van der Waals surface area contributed by atoms with E-state index < -0.39 is 0 Å². The lowest BCUT2D eigenvalue weighted by molar-refractivity contribution is 0.0985. The maximum Gasteiger partial charge on any atom is 0.260 e. The molecule has 3 aromatic rings. The van der Waals surface area contributed by atoms with Crippen LogP contribution in [0.4, 0.5) is 5.13 Å². The van der Waals surface area contributed by atoms with Crippen LogP contribution in [0.5, 0.6) is 11.5 Å². The van der Waals surface area contributed by atoms with Crippen LogP contribution in [0.1, 0.15) is 15.9 Å². The molecule has 6 nitrogen and oxygen atoms in total. The number of amides is 1. The number of fused-ring (bicyclic) bond motifs is 1. The summed E-state index contributed by atoms with van der Waals surface area (Å²) in [4.78, 5) is 21.8. The largest absolute Gasteiger partial charge is 0.493 e. The molecule has 0 aliphatic carbocycles. The molecule has 0 atom stereocenters. The van der Waals surface area contributed by atoms with Gasteiger partial charge >= 0.3 is 0 Å². The second-order valence-corrected chi connectivity index (χ2v) is 7.81. The third-order valence-corrected chi connectivity index (χ3v) is 5.44. The van der Waals surface area contributed by atoms with Gasteiger partial charge in [0.05, 0.1) is 24.4 Å². The van der Waals surface area contributed by atoms with Crippen LogP contribution in [0.25, 0.3) is 10.2 Å². The van der Waals surface area contributed by atoms with Crippen LogP contribution in [0.15, 0.2) is 36.4 Å². The number of nitrogens with zero attached hydrogens (tertiary/aromatic N) is 3. The summed E-state index contributed by atoms with van der Waals surface area (Å²) in [6.45, 7) is 3.27. The molecule has 0 fully saturated rings. The normalized spacial score (nSPS) is 11.1. The quantitative estimate of drug-likeness (QED) is 0.604. The molecule has 2 aromatic carbocycles. The predicted octanol–water partition coefficient (Wildman–Crippen LogP) is 3.83. The summed E-state index contributed by atoms with van der Waals surface area (Å²) in [6, 6.07) is 11.4. The second kappa shape index (κ2) is 8.58. The third kappa shape index (κ3) is 4.26. The number of rotatable bonds is 7. The lowest BCUT2D eigenvalue weighted by Gasteiger charge is -2.22. The number of ether oxygens (including phenoxy) is 2. The topological polar surface area (TPSA) is 54.9 Å².